The van der Waals surface area contributed by atoms with Crippen LogP contribution in [0.3, 0.4) is 0 Å². The zero-order valence-electron chi connectivity index (χ0n) is 12.1. The van der Waals surface area contributed by atoms with Crippen molar-refractivity contribution < 1.29 is 14.3 Å². The number of amides is 2. The van der Waals surface area contributed by atoms with E-state index >= 15 is 0 Å². The molecule has 6 heteroatoms. The Labute approximate surface area is 123 Å². The molecule has 0 spiro atoms. The molecule has 0 radical (unpaired) electrons. The summed E-state index contributed by atoms with van der Waals surface area (Å²) in [5.74, 6) is -0.248. The molecule has 1 aliphatic carbocycles. The topological polar surface area (TPSA) is 107 Å². The first kappa shape index (κ1) is 15.3. The fraction of sp³-hybridized carbons (Fsp3) is 0.467. The number of carbonyl (C=O) groups is 2. The summed E-state index contributed by atoms with van der Waals surface area (Å²) in [6.45, 7) is 0. The smallest absolute Gasteiger partial charge is 0.248 e. The van der Waals surface area contributed by atoms with Gasteiger partial charge in [0.1, 0.15) is 5.75 Å². The predicted molar refractivity (Wildman–Crippen MR) is 80.1 cm³/mol. The number of nitrogens with one attached hydrogen (secondary N) is 1. The van der Waals surface area contributed by atoms with Crippen molar-refractivity contribution in [3.05, 3.63) is 23.8 Å². The predicted octanol–water partition coefficient (Wildman–Crippen LogP) is 1.25. The highest BCUT2D eigenvalue weighted by atomic mass is 16.5. The first-order chi connectivity index (χ1) is 10.0. The highest BCUT2D eigenvalue weighted by molar-refractivity contribution is 5.98. The van der Waals surface area contributed by atoms with Crippen LogP contribution in [-0.4, -0.2) is 25.0 Å². The second kappa shape index (κ2) is 6.58. The van der Waals surface area contributed by atoms with E-state index in [9.17, 15) is 9.59 Å². The van der Waals surface area contributed by atoms with Crippen LogP contribution in [0.5, 0.6) is 5.75 Å². The first-order valence-electron chi connectivity index (χ1n) is 7.05. The van der Waals surface area contributed by atoms with Gasteiger partial charge in [0.05, 0.1) is 12.8 Å². The largest absolute Gasteiger partial charge is 0.495 e. The Morgan fingerprint density at radius 1 is 1.33 bits per heavy atom. The molecule has 0 aromatic heterocycles. The normalized spacial score (nSPS) is 21.6. The van der Waals surface area contributed by atoms with E-state index < -0.39 is 5.91 Å². The minimum Gasteiger partial charge on any atom is -0.495 e. The third-order valence-corrected chi connectivity index (χ3v) is 3.83. The number of benzene rings is 1. The van der Waals surface area contributed by atoms with Crippen LogP contribution in [0.1, 0.15) is 36.0 Å². The number of carbonyl (C=O) groups excluding carboxylic acids is 2. The zero-order chi connectivity index (χ0) is 15.4. The molecule has 6 nitrogen and oxygen atoms in total. The van der Waals surface area contributed by atoms with E-state index in [4.69, 9.17) is 16.2 Å². The molecule has 1 fully saturated rings. The number of methoxy groups -OCH3 is 1. The van der Waals surface area contributed by atoms with Crippen LogP contribution in [0, 0.1) is 5.92 Å². The summed E-state index contributed by atoms with van der Waals surface area (Å²) in [6, 6.07) is 4.78. The van der Waals surface area contributed by atoms with Crippen molar-refractivity contribution in [2.75, 3.05) is 12.4 Å². The van der Waals surface area contributed by atoms with Crippen molar-refractivity contribution in [1.29, 1.82) is 0 Å². The highest BCUT2D eigenvalue weighted by Crippen LogP contribution is 2.29. The molecule has 2 rings (SSSR count). The average molecular weight is 291 g/mol. The van der Waals surface area contributed by atoms with Crippen LogP contribution in [0.25, 0.3) is 0 Å². The van der Waals surface area contributed by atoms with Crippen molar-refractivity contribution in [2.45, 2.75) is 31.7 Å². The lowest BCUT2D eigenvalue weighted by molar-refractivity contribution is -0.120. The van der Waals surface area contributed by atoms with Gasteiger partial charge in [-0.25, -0.2) is 0 Å². The molecule has 0 heterocycles. The molecule has 1 aliphatic rings. The van der Waals surface area contributed by atoms with E-state index in [0.29, 0.717) is 23.4 Å². The summed E-state index contributed by atoms with van der Waals surface area (Å²) in [7, 11) is 1.51. The molecule has 1 aromatic carbocycles. The van der Waals surface area contributed by atoms with Gasteiger partial charge in [-0.2, -0.15) is 0 Å². The number of ether oxygens (including phenoxy) is 1. The zero-order valence-corrected chi connectivity index (χ0v) is 12.1. The second-order valence-corrected chi connectivity index (χ2v) is 5.39. The van der Waals surface area contributed by atoms with Crippen molar-refractivity contribution >= 4 is 17.5 Å². The van der Waals surface area contributed by atoms with Crippen LogP contribution in [0.15, 0.2) is 18.2 Å². The van der Waals surface area contributed by atoms with Gasteiger partial charge in [0.2, 0.25) is 11.8 Å². The monoisotopic (exact) mass is 291 g/mol. The van der Waals surface area contributed by atoms with Gasteiger partial charge in [-0.1, -0.05) is 6.42 Å². The van der Waals surface area contributed by atoms with Crippen molar-refractivity contribution in [3.63, 3.8) is 0 Å². The maximum Gasteiger partial charge on any atom is 0.248 e. The number of hydrogen-bond donors (Lipinski definition) is 3. The van der Waals surface area contributed by atoms with Gasteiger partial charge in [0.15, 0.2) is 0 Å². The maximum atomic E-state index is 12.3. The van der Waals surface area contributed by atoms with Gasteiger partial charge in [0, 0.05) is 17.5 Å². The number of hydrogen-bond acceptors (Lipinski definition) is 4. The molecule has 1 aromatic rings. The lowest BCUT2D eigenvalue weighted by Gasteiger charge is -2.26. The maximum absolute atomic E-state index is 12.3. The van der Waals surface area contributed by atoms with E-state index in [-0.39, 0.29) is 17.9 Å². The molecular weight excluding hydrogens is 270 g/mol. The third kappa shape index (κ3) is 3.72. The molecule has 2 unspecified atom stereocenters. The van der Waals surface area contributed by atoms with Crippen LogP contribution >= 0.6 is 0 Å². The van der Waals surface area contributed by atoms with Crippen LogP contribution in [-0.2, 0) is 4.79 Å². The van der Waals surface area contributed by atoms with Crippen LogP contribution < -0.4 is 21.5 Å². The molecule has 114 valence electrons. The molecule has 21 heavy (non-hydrogen) atoms. The average Bonchev–Trinajstić information content (AvgIpc) is 2.47. The van der Waals surface area contributed by atoms with Gasteiger partial charge >= 0.3 is 0 Å². The van der Waals surface area contributed by atoms with Crippen molar-refractivity contribution in [1.82, 2.24) is 0 Å². The van der Waals surface area contributed by atoms with Crippen molar-refractivity contribution in [2.24, 2.45) is 17.4 Å². The Balaban J connectivity index is 2.15. The molecule has 0 saturated heterocycles. The van der Waals surface area contributed by atoms with Gasteiger partial charge in [0.25, 0.3) is 0 Å². The summed E-state index contributed by atoms with van der Waals surface area (Å²) >= 11 is 0. The van der Waals surface area contributed by atoms with Crippen LogP contribution in [0.2, 0.25) is 0 Å². The number of primary amides is 1. The molecule has 5 N–H and O–H groups in total. The Bertz CT molecular complexity index is 545. The van der Waals surface area contributed by atoms with Gasteiger partial charge < -0.3 is 21.5 Å². The molecule has 1 saturated carbocycles. The quantitative estimate of drug-likeness (QED) is 0.775. The van der Waals surface area contributed by atoms with E-state index in [1.807, 2.05) is 0 Å². The summed E-state index contributed by atoms with van der Waals surface area (Å²) < 4.78 is 5.20. The Morgan fingerprint density at radius 3 is 2.71 bits per heavy atom. The molecular formula is C15H21N3O3. The first-order valence-corrected chi connectivity index (χ1v) is 7.05. The Kier molecular flexibility index (Phi) is 4.80. The molecule has 2 atom stereocenters. The standard InChI is InChI=1S/C15H21N3O3/c1-21-13-6-5-9(14(17)19)8-12(13)18-15(20)10-3-2-4-11(16)7-10/h5-6,8,10-11H,2-4,7,16H2,1H3,(H2,17,19)(H,18,20). The van der Waals surface area contributed by atoms with Crippen LogP contribution in [0.4, 0.5) is 5.69 Å². The second-order valence-electron chi connectivity index (χ2n) is 5.39. The summed E-state index contributed by atoms with van der Waals surface area (Å²) in [5, 5.41) is 2.82. The number of nitrogens with two attached hydrogens (primary N) is 2. The van der Waals surface area contributed by atoms with E-state index in [0.717, 1.165) is 19.3 Å². The fourth-order valence-electron chi connectivity index (χ4n) is 2.66. The van der Waals surface area contributed by atoms with Gasteiger partial charge in [-0.15, -0.1) is 0 Å². The van der Waals surface area contributed by atoms with E-state index in [1.165, 1.54) is 13.2 Å². The lowest BCUT2D eigenvalue weighted by atomic mass is 9.85. The summed E-state index contributed by atoms with van der Waals surface area (Å²) in [4.78, 5) is 23.6. The molecule has 0 bridgehead atoms. The minimum atomic E-state index is -0.548. The SMILES string of the molecule is COc1ccc(C(N)=O)cc1NC(=O)C1CCCC(N)C1. The Morgan fingerprint density at radius 2 is 2.10 bits per heavy atom. The molecule has 2 amide bonds. The number of rotatable bonds is 4. The minimum absolute atomic E-state index is 0.0772. The van der Waals surface area contributed by atoms with Gasteiger partial charge in [-0.3, -0.25) is 9.59 Å². The third-order valence-electron chi connectivity index (χ3n) is 3.83. The summed E-state index contributed by atoms with van der Waals surface area (Å²) in [5.41, 5.74) is 11.9. The Hall–Kier alpha value is -2.08. The van der Waals surface area contributed by atoms with Crippen molar-refractivity contribution in [3.8, 4) is 5.75 Å². The van der Waals surface area contributed by atoms with E-state index in [2.05, 4.69) is 5.32 Å². The van der Waals surface area contributed by atoms with Gasteiger partial charge in [-0.05, 0) is 37.5 Å². The highest BCUT2D eigenvalue weighted by Gasteiger charge is 2.26. The van der Waals surface area contributed by atoms with E-state index in [1.54, 1.807) is 12.1 Å². The lowest BCUT2D eigenvalue weighted by Crippen LogP contribution is -2.34. The fourth-order valence-corrected chi connectivity index (χ4v) is 2.66. The number of anilines is 1. The molecule has 0 aliphatic heterocycles. The summed E-state index contributed by atoms with van der Waals surface area (Å²) in [6.07, 6.45) is 3.43.